The lowest BCUT2D eigenvalue weighted by Crippen LogP contribution is -2.35. The van der Waals surface area contributed by atoms with Gasteiger partial charge in [-0.3, -0.25) is 0 Å². The molecule has 0 aliphatic carbocycles. The van der Waals surface area contributed by atoms with E-state index in [4.69, 9.17) is 5.11 Å². The summed E-state index contributed by atoms with van der Waals surface area (Å²) in [6, 6.07) is 3.27. The van der Waals surface area contributed by atoms with Gasteiger partial charge in [0.25, 0.3) is 0 Å². The Bertz CT molecular complexity index is 339. The number of nitrogens with one attached hydrogen (secondary N) is 1. The lowest BCUT2D eigenvalue weighted by Gasteiger charge is -2.11. The number of carbonyl (C=O) groups excluding carboxylic acids is 1. The molecule has 0 radical (unpaired) electrons. The van der Waals surface area contributed by atoms with Crippen LogP contribution in [-0.4, -0.2) is 41.7 Å². The fraction of sp³-hybridized carbons (Fsp3) is 0.400. The van der Waals surface area contributed by atoms with Gasteiger partial charge in [-0.25, -0.2) is 9.78 Å². The molecule has 2 amide bonds. The Kier molecular flexibility index (Phi) is 3.91. The van der Waals surface area contributed by atoms with Gasteiger partial charge in [0.2, 0.25) is 5.88 Å². The Morgan fingerprint density at radius 2 is 2.33 bits per heavy atom. The summed E-state index contributed by atoms with van der Waals surface area (Å²) in [6.45, 7) is 0.542. The lowest BCUT2D eigenvalue weighted by atomic mass is 10.2. The van der Waals surface area contributed by atoms with Crippen LogP contribution in [0.15, 0.2) is 18.3 Å². The first-order valence-electron chi connectivity index (χ1n) is 4.68. The van der Waals surface area contributed by atoms with Crippen LogP contribution in [-0.2, 0) is 6.42 Å². The molecule has 1 aromatic rings. The molecule has 0 unspecified atom stereocenters. The zero-order chi connectivity index (χ0) is 11.3. The van der Waals surface area contributed by atoms with Gasteiger partial charge in [0.05, 0.1) is 0 Å². The topological polar surface area (TPSA) is 65.5 Å². The maximum absolute atomic E-state index is 11.2. The largest absolute Gasteiger partial charge is 0.493 e. The van der Waals surface area contributed by atoms with Crippen LogP contribution in [0.2, 0.25) is 0 Å². The van der Waals surface area contributed by atoms with E-state index in [9.17, 15) is 4.79 Å². The minimum absolute atomic E-state index is 0.00596. The highest BCUT2D eigenvalue weighted by Crippen LogP contribution is 2.06. The first-order valence-corrected chi connectivity index (χ1v) is 4.68. The number of rotatable bonds is 3. The summed E-state index contributed by atoms with van der Waals surface area (Å²) in [5.74, 6) is 0.00596. The van der Waals surface area contributed by atoms with E-state index < -0.39 is 0 Å². The third-order valence-electron chi connectivity index (χ3n) is 1.91. The zero-order valence-electron chi connectivity index (χ0n) is 8.90. The molecule has 0 aliphatic rings. The predicted octanol–water partition coefficient (Wildman–Crippen LogP) is 0.601. The maximum Gasteiger partial charge on any atom is 0.316 e. The van der Waals surface area contributed by atoms with Gasteiger partial charge < -0.3 is 15.3 Å². The number of carbonyl (C=O) groups is 1. The molecular formula is C10H15N3O2. The summed E-state index contributed by atoms with van der Waals surface area (Å²) in [4.78, 5) is 16.3. The number of hydrogen-bond acceptors (Lipinski definition) is 3. The molecule has 0 bridgehead atoms. The van der Waals surface area contributed by atoms with Crippen molar-refractivity contribution in [3.05, 3.63) is 23.9 Å². The highest BCUT2D eigenvalue weighted by molar-refractivity contribution is 5.73. The molecule has 0 aromatic carbocycles. The van der Waals surface area contributed by atoms with Crippen molar-refractivity contribution in [2.24, 2.45) is 0 Å². The summed E-state index contributed by atoms with van der Waals surface area (Å²) in [5.41, 5.74) is 0.946. The van der Waals surface area contributed by atoms with Crippen LogP contribution in [0.5, 0.6) is 5.88 Å². The van der Waals surface area contributed by atoms with Gasteiger partial charge >= 0.3 is 6.03 Å². The van der Waals surface area contributed by atoms with E-state index >= 15 is 0 Å². The third-order valence-corrected chi connectivity index (χ3v) is 1.91. The van der Waals surface area contributed by atoms with Gasteiger partial charge in [-0.15, -0.1) is 0 Å². The summed E-state index contributed by atoms with van der Waals surface area (Å²) < 4.78 is 0. The van der Waals surface area contributed by atoms with Gasteiger partial charge in [0.1, 0.15) is 0 Å². The molecule has 1 aromatic heterocycles. The monoisotopic (exact) mass is 209 g/mol. The SMILES string of the molecule is CN(C)C(=O)NCCc1ccnc(O)c1. The number of hydrogen-bond donors (Lipinski definition) is 2. The van der Waals surface area contributed by atoms with Crippen LogP contribution in [0.3, 0.4) is 0 Å². The number of aromatic nitrogens is 1. The molecule has 5 heteroatoms. The first kappa shape index (κ1) is 11.3. The van der Waals surface area contributed by atoms with Crippen molar-refractivity contribution in [1.29, 1.82) is 0 Å². The Morgan fingerprint density at radius 1 is 1.60 bits per heavy atom. The van der Waals surface area contributed by atoms with Crippen molar-refractivity contribution >= 4 is 6.03 Å². The fourth-order valence-corrected chi connectivity index (χ4v) is 1.09. The number of amides is 2. The molecule has 0 saturated heterocycles. The van der Waals surface area contributed by atoms with E-state index in [2.05, 4.69) is 10.3 Å². The third kappa shape index (κ3) is 3.84. The van der Waals surface area contributed by atoms with Crippen LogP contribution < -0.4 is 5.32 Å². The molecule has 0 spiro atoms. The highest BCUT2D eigenvalue weighted by Gasteiger charge is 2.01. The molecule has 1 rings (SSSR count). The number of nitrogens with zero attached hydrogens (tertiary/aromatic N) is 2. The highest BCUT2D eigenvalue weighted by atomic mass is 16.3. The predicted molar refractivity (Wildman–Crippen MR) is 56.7 cm³/mol. The van der Waals surface area contributed by atoms with E-state index in [1.165, 1.54) is 4.90 Å². The molecule has 5 nitrogen and oxygen atoms in total. The molecule has 0 aliphatic heterocycles. The number of pyridine rings is 1. The number of urea groups is 1. The standard InChI is InChI=1S/C10H15N3O2/c1-13(2)10(15)12-6-4-8-3-5-11-9(14)7-8/h3,5,7H,4,6H2,1-2H3,(H,11,14)(H,12,15). The van der Waals surface area contributed by atoms with Crippen molar-refractivity contribution < 1.29 is 9.90 Å². The van der Waals surface area contributed by atoms with Gasteiger partial charge in [0.15, 0.2) is 0 Å². The molecule has 82 valence electrons. The Morgan fingerprint density at radius 3 is 2.93 bits per heavy atom. The minimum atomic E-state index is -0.117. The minimum Gasteiger partial charge on any atom is -0.493 e. The van der Waals surface area contributed by atoms with E-state index in [0.717, 1.165) is 5.56 Å². The number of aromatic hydroxyl groups is 1. The van der Waals surface area contributed by atoms with Crippen LogP contribution >= 0.6 is 0 Å². The van der Waals surface area contributed by atoms with Gasteiger partial charge in [-0.2, -0.15) is 0 Å². The maximum atomic E-state index is 11.2. The van der Waals surface area contributed by atoms with E-state index in [1.807, 2.05) is 6.07 Å². The van der Waals surface area contributed by atoms with Crippen molar-refractivity contribution in [2.45, 2.75) is 6.42 Å². The molecule has 0 atom stereocenters. The smallest absolute Gasteiger partial charge is 0.316 e. The van der Waals surface area contributed by atoms with Crippen molar-refractivity contribution in [2.75, 3.05) is 20.6 Å². The Balaban J connectivity index is 2.35. The quantitative estimate of drug-likeness (QED) is 0.766. The first-order chi connectivity index (χ1) is 7.09. The van der Waals surface area contributed by atoms with Crippen molar-refractivity contribution in [3.63, 3.8) is 0 Å². The van der Waals surface area contributed by atoms with Crippen molar-refractivity contribution in [1.82, 2.24) is 15.2 Å². The summed E-state index contributed by atoms with van der Waals surface area (Å²) >= 11 is 0. The van der Waals surface area contributed by atoms with Crippen LogP contribution in [0.1, 0.15) is 5.56 Å². The molecule has 0 saturated carbocycles. The Hall–Kier alpha value is -1.78. The summed E-state index contributed by atoms with van der Waals surface area (Å²) in [5, 5.41) is 11.8. The van der Waals surface area contributed by atoms with E-state index in [1.54, 1.807) is 26.4 Å². The van der Waals surface area contributed by atoms with E-state index in [-0.39, 0.29) is 11.9 Å². The molecule has 1 heterocycles. The van der Waals surface area contributed by atoms with Gasteiger partial charge in [-0.1, -0.05) is 0 Å². The average molecular weight is 209 g/mol. The van der Waals surface area contributed by atoms with Crippen LogP contribution in [0.4, 0.5) is 4.79 Å². The second kappa shape index (κ2) is 5.19. The van der Waals surface area contributed by atoms with Crippen LogP contribution in [0, 0.1) is 0 Å². The van der Waals surface area contributed by atoms with Crippen molar-refractivity contribution in [3.8, 4) is 5.88 Å². The summed E-state index contributed by atoms with van der Waals surface area (Å²) in [7, 11) is 3.38. The second-order valence-electron chi connectivity index (χ2n) is 3.40. The lowest BCUT2D eigenvalue weighted by molar-refractivity contribution is 0.217. The second-order valence-corrected chi connectivity index (χ2v) is 3.40. The van der Waals surface area contributed by atoms with E-state index in [0.29, 0.717) is 13.0 Å². The molecular weight excluding hydrogens is 194 g/mol. The average Bonchev–Trinajstić information content (AvgIpc) is 2.17. The molecule has 2 N–H and O–H groups in total. The van der Waals surface area contributed by atoms with Crippen LogP contribution in [0.25, 0.3) is 0 Å². The fourth-order valence-electron chi connectivity index (χ4n) is 1.09. The Labute approximate surface area is 88.7 Å². The summed E-state index contributed by atoms with van der Waals surface area (Å²) in [6.07, 6.45) is 2.22. The van der Waals surface area contributed by atoms with Gasteiger partial charge in [0, 0.05) is 32.9 Å². The van der Waals surface area contributed by atoms with Gasteiger partial charge in [-0.05, 0) is 18.1 Å². The molecule has 0 fully saturated rings. The molecule has 15 heavy (non-hydrogen) atoms. The normalized spacial score (nSPS) is 9.73. The zero-order valence-corrected chi connectivity index (χ0v) is 8.90.